The monoisotopic (exact) mass is 190 g/mol. The Morgan fingerprint density at radius 3 is 2.79 bits per heavy atom. The zero-order valence-corrected chi connectivity index (χ0v) is 7.69. The van der Waals surface area contributed by atoms with Gasteiger partial charge in [0.1, 0.15) is 11.7 Å². The average Bonchev–Trinajstić information content (AvgIpc) is 2.20. The summed E-state index contributed by atoms with van der Waals surface area (Å²) in [6.07, 6.45) is 0. The number of hydrogen-bond acceptors (Lipinski definition) is 3. The van der Waals surface area contributed by atoms with Crippen LogP contribution in [0.2, 0.25) is 0 Å². The summed E-state index contributed by atoms with van der Waals surface area (Å²) >= 11 is 0. The van der Waals surface area contributed by atoms with E-state index in [1.54, 1.807) is 18.2 Å². The van der Waals surface area contributed by atoms with Crippen LogP contribution in [0.5, 0.6) is 5.75 Å². The smallest absolute Gasteiger partial charge is 0.241 e. The van der Waals surface area contributed by atoms with Gasteiger partial charge in [-0.05, 0) is 19.1 Å². The van der Waals surface area contributed by atoms with Gasteiger partial charge in [-0.1, -0.05) is 12.1 Å². The molecule has 0 radical (unpaired) electrons. The van der Waals surface area contributed by atoms with E-state index in [0.717, 1.165) is 0 Å². The van der Waals surface area contributed by atoms with Crippen molar-refractivity contribution < 1.29 is 9.90 Å². The van der Waals surface area contributed by atoms with E-state index >= 15 is 0 Å². The van der Waals surface area contributed by atoms with E-state index in [-0.39, 0.29) is 5.75 Å². The minimum absolute atomic E-state index is 0.00834. The number of carbonyl (C=O) groups excluding carboxylic acids is 1. The van der Waals surface area contributed by atoms with Gasteiger partial charge in [0.15, 0.2) is 0 Å². The SMILES string of the molecule is CC(C#N)C(=O)Nc1ccccc1O. The van der Waals surface area contributed by atoms with Crippen molar-refractivity contribution in [1.82, 2.24) is 0 Å². The topological polar surface area (TPSA) is 73.1 Å². The number of hydrogen-bond donors (Lipinski definition) is 2. The Hall–Kier alpha value is -2.02. The molecule has 1 amide bonds. The third-order valence-electron chi connectivity index (χ3n) is 1.75. The Labute approximate surface area is 81.8 Å². The Kier molecular flexibility index (Phi) is 3.08. The summed E-state index contributed by atoms with van der Waals surface area (Å²) in [5.74, 6) is -1.16. The first kappa shape index (κ1) is 10.1. The first-order valence-electron chi connectivity index (χ1n) is 4.13. The van der Waals surface area contributed by atoms with Crippen LogP contribution in [0.15, 0.2) is 24.3 Å². The highest BCUT2D eigenvalue weighted by atomic mass is 16.3. The van der Waals surface area contributed by atoms with Gasteiger partial charge in [-0.15, -0.1) is 0 Å². The van der Waals surface area contributed by atoms with Crippen molar-refractivity contribution in [3.05, 3.63) is 24.3 Å². The lowest BCUT2D eigenvalue weighted by molar-refractivity contribution is -0.117. The minimum atomic E-state index is -0.727. The standard InChI is InChI=1S/C10H10N2O2/c1-7(6-11)10(14)12-8-4-2-3-5-9(8)13/h2-5,7,13H,1H3,(H,12,14). The van der Waals surface area contributed by atoms with Gasteiger partial charge in [0.05, 0.1) is 11.8 Å². The molecular weight excluding hydrogens is 180 g/mol. The highest BCUT2D eigenvalue weighted by molar-refractivity contribution is 5.95. The Morgan fingerprint density at radius 1 is 1.57 bits per heavy atom. The van der Waals surface area contributed by atoms with Gasteiger partial charge in [-0.25, -0.2) is 0 Å². The van der Waals surface area contributed by atoms with Gasteiger partial charge in [0.2, 0.25) is 5.91 Å². The van der Waals surface area contributed by atoms with Crippen molar-refractivity contribution in [2.24, 2.45) is 5.92 Å². The Balaban J connectivity index is 2.76. The summed E-state index contributed by atoms with van der Waals surface area (Å²) in [6.45, 7) is 1.50. The highest BCUT2D eigenvalue weighted by Gasteiger charge is 2.12. The summed E-state index contributed by atoms with van der Waals surface area (Å²) in [6, 6.07) is 8.18. The van der Waals surface area contributed by atoms with E-state index in [2.05, 4.69) is 5.32 Å². The number of carbonyl (C=O) groups is 1. The quantitative estimate of drug-likeness (QED) is 0.694. The maximum Gasteiger partial charge on any atom is 0.241 e. The van der Waals surface area contributed by atoms with Gasteiger partial charge in [-0.3, -0.25) is 4.79 Å². The Bertz CT molecular complexity index is 382. The van der Waals surface area contributed by atoms with Crippen LogP contribution in [0.4, 0.5) is 5.69 Å². The van der Waals surface area contributed by atoms with E-state index in [1.807, 2.05) is 6.07 Å². The molecule has 1 rings (SSSR count). The Morgan fingerprint density at radius 2 is 2.21 bits per heavy atom. The number of para-hydroxylation sites is 2. The van der Waals surface area contributed by atoms with Crippen LogP contribution in [0, 0.1) is 17.2 Å². The number of amides is 1. The summed E-state index contributed by atoms with van der Waals surface area (Å²) in [4.78, 5) is 11.3. The van der Waals surface area contributed by atoms with Crippen LogP contribution in [0.25, 0.3) is 0 Å². The highest BCUT2D eigenvalue weighted by Crippen LogP contribution is 2.21. The normalized spacial score (nSPS) is 11.4. The van der Waals surface area contributed by atoms with E-state index in [1.165, 1.54) is 13.0 Å². The van der Waals surface area contributed by atoms with Crippen molar-refractivity contribution >= 4 is 11.6 Å². The summed E-state index contributed by atoms with van der Waals surface area (Å²) in [5.41, 5.74) is 0.319. The number of nitriles is 1. The van der Waals surface area contributed by atoms with Crippen LogP contribution < -0.4 is 5.32 Å². The second kappa shape index (κ2) is 4.28. The first-order valence-corrected chi connectivity index (χ1v) is 4.13. The molecule has 0 heterocycles. The van der Waals surface area contributed by atoms with Gasteiger partial charge < -0.3 is 10.4 Å². The molecule has 0 bridgehead atoms. The summed E-state index contributed by atoms with van der Waals surface area (Å²) < 4.78 is 0. The van der Waals surface area contributed by atoms with E-state index in [4.69, 9.17) is 5.26 Å². The molecule has 1 aromatic carbocycles. The third kappa shape index (κ3) is 2.23. The van der Waals surface area contributed by atoms with Crippen LogP contribution in [-0.4, -0.2) is 11.0 Å². The number of benzene rings is 1. The summed E-state index contributed by atoms with van der Waals surface area (Å²) in [7, 11) is 0. The molecule has 72 valence electrons. The van der Waals surface area contributed by atoms with Crippen LogP contribution >= 0.6 is 0 Å². The first-order chi connectivity index (χ1) is 6.65. The average molecular weight is 190 g/mol. The van der Waals surface area contributed by atoms with Gasteiger partial charge in [0.25, 0.3) is 0 Å². The van der Waals surface area contributed by atoms with Crippen molar-refractivity contribution in [1.29, 1.82) is 5.26 Å². The van der Waals surface area contributed by atoms with Gasteiger partial charge >= 0.3 is 0 Å². The molecule has 1 atom stereocenters. The lowest BCUT2D eigenvalue weighted by Crippen LogP contribution is -2.18. The van der Waals surface area contributed by atoms with Crippen molar-refractivity contribution in [2.45, 2.75) is 6.92 Å². The largest absolute Gasteiger partial charge is 0.506 e. The zero-order chi connectivity index (χ0) is 10.6. The number of nitrogens with zero attached hydrogens (tertiary/aromatic N) is 1. The van der Waals surface area contributed by atoms with Gasteiger partial charge in [0, 0.05) is 0 Å². The minimum Gasteiger partial charge on any atom is -0.506 e. The molecule has 0 aliphatic rings. The van der Waals surface area contributed by atoms with Crippen LogP contribution in [0.3, 0.4) is 0 Å². The molecule has 0 fully saturated rings. The molecule has 2 N–H and O–H groups in total. The van der Waals surface area contributed by atoms with E-state index < -0.39 is 11.8 Å². The lowest BCUT2D eigenvalue weighted by Gasteiger charge is -2.07. The lowest BCUT2D eigenvalue weighted by atomic mass is 10.2. The fourth-order valence-corrected chi connectivity index (χ4v) is 0.879. The molecule has 1 aromatic rings. The summed E-state index contributed by atoms with van der Waals surface area (Å²) in [5, 5.41) is 20.2. The van der Waals surface area contributed by atoms with Crippen LogP contribution in [0.1, 0.15) is 6.92 Å². The van der Waals surface area contributed by atoms with Crippen molar-refractivity contribution in [2.75, 3.05) is 5.32 Å². The number of anilines is 1. The maximum absolute atomic E-state index is 11.3. The van der Waals surface area contributed by atoms with Crippen molar-refractivity contribution in [3.63, 3.8) is 0 Å². The van der Waals surface area contributed by atoms with Gasteiger partial charge in [-0.2, -0.15) is 5.26 Å². The van der Waals surface area contributed by atoms with E-state index in [9.17, 15) is 9.90 Å². The molecule has 0 aliphatic carbocycles. The van der Waals surface area contributed by atoms with Crippen molar-refractivity contribution in [3.8, 4) is 11.8 Å². The fourth-order valence-electron chi connectivity index (χ4n) is 0.879. The maximum atomic E-state index is 11.3. The molecule has 0 spiro atoms. The number of nitrogens with one attached hydrogen (secondary N) is 1. The third-order valence-corrected chi connectivity index (χ3v) is 1.75. The number of phenolic OH excluding ortho intramolecular Hbond substituents is 1. The predicted molar refractivity (Wildman–Crippen MR) is 51.5 cm³/mol. The molecule has 14 heavy (non-hydrogen) atoms. The second-order valence-corrected chi connectivity index (χ2v) is 2.86. The number of phenols is 1. The predicted octanol–water partition coefficient (Wildman–Crippen LogP) is 1.49. The molecule has 0 aliphatic heterocycles. The molecular formula is C10H10N2O2. The fraction of sp³-hybridized carbons (Fsp3) is 0.200. The molecule has 1 unspecified atom stereocenters. The molecule has 0 saturated heterocycles. The second-order valence-electron chi connectivity index (χ2n) is 2.86. The molecule has 0 saturated carbocycles. The van der Waals surface area contributed by atoms with Crippen LogP contribution in [-0.2, 0) is 4.79 Å². The number of aromatic hydroxyl groups is 1. The molecule has 4 nitrogen and oxygen atoms in total. The molecule has 4 heteroatoms. The molecule has 0 aromatic heterocycles. The van der Waals surface area contributed by atoms with E-state index in [0.29, 0.717) is 5.69 Å². The zero-order valence-electron chi connectivity index (χ0n) is 7.69. The number of rotatable bonds is 2.